The summed E-state index contributed by atoms with van der Waals surface area (Å²) in [6.07, 6.45) is 3.31. The third kappa shape index (κ3) is 3.48. The fourth-order valence-electron chi connectivity index (χ4n) is 2.44. The average molecular weight is 307 g/mol. The van der Waals surface area contributed by atoms with E-state index >= 15 is 0 Å². The van der Waals surface area contributed by atoms with E-state index in [4.69, 9.17) is 9.47 Å². The number of pyridine rings is 1. The lowest BCUT2D eigenvalue weighted by molar-refractivity contribution is 0.112. The number of carbonyl (C=O) groups is 1. The minimum atomic E-state index is 0.539. The van der Waals surface area contributed by atoms with Gasteiger partial charge in [0, 0.05) is 23.6 Å². The molecule has 0 saturated carbocycles. The predicted octanol–water partition coefficient (Wildman–Crippen LogP) is 3.68. The van der Waals surface area contributed by atoms with Gasteiger partial charge < -0.3 is 9.47 Å². The number of aldehydes is 1. The number of hydrogen-bond donors (Lipinski definition) is 0. The number of ether oxygens (including phenoxy) is 2. The molecule has 0 amide bonds. The van der Waals surface area contributed by atoms with E-state index in [1.54, 1.807) is 25.4 Å². The van der Waals surface area contributed by atoms with Crippen LogP contribution >= 0.6 is 0 Å². The van der Waals surface area contributed by atoms with E-state index in [1.807, 2.05) is 36.4 Å². The first-order valence-corrected chi connectivity index (χ1v) is 7.40. The third-order valence-electron chi connectivity index (χ3n) is 3.64. The van der Waals surface area contributed by atoms with Gasteiger partial charge in [-0.25, -0.2) is 0 Å². The number of aromatic nitrogens is 1. The summed E-state index contributed by atoms with van der Waals surface area (Å²) in [5.74, 6) is 1.58. The zero-order valence-electron chi connectivity index (χ0n) is 12.9. The number of methoxy groups -OCH3 is 1. The standard InChI is InChI=1S/C19H17NO3/c1-22-16-4-2-3-14(11-16)8-10-23-19-7-9-20-18-6-5-15(13-21)12-17(18)19/h2-7,9,11-13H,8,10H2,1H3. The number of rotatable bonds is 6. The fraction of sp³-hybridized carbons (Fsp3) is 0.158. The molecular weight excluding hydrogens is 290 g/mol. The lowest BCUT2D eigenvalue weighted by Crippen LogP contribution is -2.02. The van der Waals surface area contributed by atoms with Crippen molar-refractivity contribution in [3.05, 3.63) is 65.9 Å². The van der Waals surface area contributed by atoms with Crippen LogP contribution in [0, 0.1) is 0 Å². The molecule has 0 spiro atoms. The van der Waals surface area contributed by atoms with Gasteiger partial charge in [-0.15, -0.1) is 0 Å². The van der Waals surface area contributed by atoms with Crippen LogP contribution in [0.3, 0.4) is 0 Å². The van der Waals surface area contributed by atoms with E-state index in [1.165, 1.54) is 0 Å². The maximum atomic E-state index is 10.9. The van der Waals surface area contributed by atoms with Crippen molar-refractivity contribution in [1.29, 1.82) is 0 Å². The quantitative estimate of drug-likeness (QED) is 0.652. The molecule has 0 bridgehead atoms. The van der Waals surface area contributed by atoms with Crippen molar-refractivity contribution in [2.75, 3.05) is 13.7 Å². The van der Waals surface area contributed by atoms with Crippen LogP contribution < -0.4 is 9.47 Å². The molecular formula is C19H17NO3. The molecule has 0 aliphatic carbocycles. The van der Waals surface area contributed by atoms with Gasteiger partial charge in [-0.05, 0) is 42.0 Å². The molecule has 3 aromatic rings. The van der Waals surface area contributed by atoms with Crippen molar-refractivity contribution in [3.63, 3.8) is 0 Å². The average Bonchev–Trinajstić information content (AvgIpc) is 2.61. The topological polar surface area (TPSA) is 48.4 Å². The van der Waals surface area contributed by atoms with Gasteiger partial charge in [-0.2, -0.15) is 0 Å². The van der Waals surface area contributed by atoms with Crippen LogP contribution in [-0.4, -0.2) is 25.0 Å². The van der Waals surface area contributed by atoms with Crippen molar-refractivity contribution >= 4 is 17.2 Å². The smallest absolute Gasteiger partial charge is 0.150 e. The molecule has 0 saturated heterocycles. The van der Waals surface area contributed by atoms with E-state index in [0.29, 0.717) is 12.2 Å². The molecule has 0 N–H and O–H groups in total. The zero-order chi connectivity index (χ0) is 16.1. The van der Waals surface area contributed by atoms with Gasteiger partial charge in [0.1, 0.15) is 17.8 Å². The van der Waals surface area contributed by atoms with E-state index in [-0.39, 0.29) is 0 Å². The van der Waals surface area contributed by atoms with E-state index in [9.17, 15) is 4.79 Å². The van der Waals surface area contributed by atoms with E-state index < -0.39 is 0 Å². The molecule has 0 aliphatic heterocycles. The van der Waals surface area contributed by atoms with Gasteiger partial charge in [0.15, 0.2) is 0 Å². The summed E-state index contributed by atoms with van der Waals surface area (Å²) < 4.78 is 11.1. The summed E-state index contributed by atoms with van der Waals surface area (Å²) in [4.78, 5) is 15.2. The van der Waals surface area contributed by atoms with Crippen LogP contribution in [0.1, 0.15) is 15.9 Å². The first kappa shape index (κ1) is 15.0. The minimum Gasteiger partial charge on any atom is -0.497 e. The maximum absolute atomic E-state index is 10.9. The molecule has 1 aromatic heterocycles. The monoisotopic (exact) mass is 307 g/mol. The predicted molar refractivity (Wildman–Crippen MR) is 89.3 cm³/mol. The number of hydrogen-bond acceptors (Lipinski definition) is 4. The molecule has 0 radical (unpaired) electrons. The first-order chi connectivity index (χ1) is 11.3. The van der Waals surface area contributed by atoms with E-state index in [0.717, 1.165) is 40.7 Å². The van der Waals surface area contributed by atoms with E-state index in [2.05, 4.69) is 4.98 Å². The molecule has 23 heavy (non-hydrogen) atoms. The summed E-state index contributed by atoms with van der Waals surface area (Å²) in [5.41, 5.74) is 2.58. The number of fused-ring (bicyclic) bond motifs is 1. The van der Waals surface area contributed by atoms with Crippen LogP contribution in [0.25, 0.3) is 10.9 Å². The van der Waals surface area contributed by atoms with Gasteiger partial charge >= 0.3 is 0 Å². The Hall–Kier alpha value is -2.88. The number of benzene rings is 2. The van der Waals surface area contributed by atoms with Crippen LogP contribution in [0.5, 0.6) is 11.5 Å². The molecule has 2 aromatic carbocycles. The largest absolute Gasteiger partial charge is 0.497 e. The molecule has 4 nitrogen and oxygen atoms in total. The lowest BCUT2D eigenvalue weighted by Gasteiger charge is -2.10. The van der Waals surface area contributed by atoms with Gasteiger partial charge in [0.2, 0.25) is 0 Å². The molecule has 1 heterocycles. The Kier molecular flexibility index (Phi) is 4.52. The highest BCUT2D eigenvalue weighted by Gasteiger charge is 2.05. The second-order valence-corrected chi connectivity index (χ2v) is 5.15. The Labute approximate surface area is 134 Å². The minimum absolute atomic E-state index is 0.539. The molecule has 0 unspecified atom stereocenters. The Morgan fingerprint density at radius 1 is 1.13 bits per heavy atom. The number of carbonyl (C=O) groups excluding carboxylic acids is 1. The van der Waals surface area contributed by atoms with Crippen LogP contribution in [0.15, 0.2) is 54.7 Å². The zero-order valence-corrected chi connectivity index (χ0v) is 12.9. The molecule has 0 atom stereocenters. The summed E-state index contributed by atoms with van der Waals surface area (Å²) in [6.45, 7) is 0.539. The van der Waals surface area contributed by atoms with Crippen LogP contribution in [0.4, 0.5) is 0 Å². The van der Waals surface area contributed by atoms with Gasteiger partial charge in [0.05, 0.1) is 19.2 Å². The summed E-state index contributed by atoms with van der Waals surface area (Å²) in [7, 11) is 1.66. The fourth-order valence-corrected chi connectivity index (χ4v) is 2.44. The lowest BCUT2D eigenvalue weighted by atomic mass is 10.1. The molecule has 3 rings (SSSR count). The van der Waals surface area contributed by atoms with Crippen molar-refractivity contribution in [2.24, 2.45) is 0 Å². The Morgan fingerprint density at radius 3 is 2.87 bits per heavy atom. The first-order valence-electron chi connectivity index (χ1n) is 7.40. The highest BCUT2D eigenvalue weighted by atomic mass is 16.5. The normalized spacial score (nSPS) is 10.5. The van der Waals surface area contributed by atoms with Gasteiger partial charge in [0.25, 0.3) is 0 Å². The Balaban J connectivity index is 1.75. The van der Waals surface area contributed by atoms with Gasteiger partial charge in [-0.1, -0.05) is 12.1 Å². The highest BCUT2D eigenvalue weighted by molar-refractivity contribution is 5.90. The summed E-state index contributed by atoms with van der Waals surface area (Å²) in [6, 6.07) is 15.1. The maximum Gasteiger partial charge on any atom is 0.150 e. The third-order valence-corrected chi connectivity index (χ3v) is 3.64. The second kappa shape index (κ2) is 6.92. The second-order valence-electron chi connectivity index (χ2n) is 5.15. The van der Waals surface area contributed by atoms with Gasteiger partial charge in [-0.3, -0.25) is 9.78 Å². The van der Waals surface area contributed by atoms with Crippen molar-refractivity contribution < 1.29 is 14.3 Å². The summed E-state index contributed by atoms with van der Waals surface area (Å²) in [5, 5.41) is 0.850. The molecule has 4 heteroatoms. The van der Waals surface area contributed by atoms with Crippen molar-refractivity contribution in [3.8, 4) is 11.5 Å². The highest BCUT2D eigenvalue weighted by Crippen LogP contribution is 2.25. The van der Waals surface area contributed by atoms with Crippen molar-refractivity contribution in [1.82, 2.24) is 4.98 Å². The SMILES string of the molecule is COc1cccc(CCOc2ccnc3ccc(C=O)cc23)c1. The Bertz CT molecular complexity index is 830. The van der Waals surface area contributed by atoms with Crippen LogP contribution in [-0.2, 0) is 6.42 Å². The number of nitrogens with zero attached hydrogens (tertiary/aromatic N) is 1. The molecule has 0 fully saturated rings. The van der Waals surface area contributed by atoms with Crippen molar-refractivity contribution in [2.45, 2.75) is 6.42 Å². The molecule has 116 valence electrons. The molecule has 0 aliphatic rings. The summed E-state index contributed by atoms with van der Waals surface area (Å²) >= 11 is 0. The Morgan fingerprint density at radius 2 is 2.04 bits per heavy atom. The van der Waals surface area contributed by atoms with Crippen LogP contribution in [0.2, 0.25) is 0 Å².